The number of piperazine rings is 1. The summed E-state index contributed by atoms with van der Waals surface area (Å²) in [4.78, 5) is 35.0. The van der Waals surface area contributed by atoms with Crippen LogP contribution >= 0.6 is 0 Å². The van der Waals surface area contributed by atoms with Gasteiger partial charge in [0.05, 0.1) is 12.8 Å². The van der Waals surface area contributed by atoms with Gasteiger partial charge in [-0.15, -0.1) is 0 Å². The summed E-state index contributed by atoms with van der Waals surface area (Å²) in [6.07, 6.45) is 0.975. The van der Waals surface area contributed by atoms with Crippen molar-refractivity contribution in [3.63, 3.8) is 0 Å². The zero-order chi connectivity index (χ0) is 25.7. The summed E-state index contributed by atoms with van der Waals surface area (Å²) in [5, 5.41) is 1.10. The smallest absolute Gasteiger partial charge is 0.255 e. The molecule has 6 heteroatoms. The lowest BCUT2D eigenvalue weighted by Crippen LogP contribution is -2.67. The lowest BCUT2D eigenvalue weighted by atomic mass is 9.76. The fraction of sp³-hybridized carbons (Fsp3) is 0.290. The molecule has 2 atom stereocenters. The summed E-state index contributed by atoms with van der Waals surface area (Å²) >= 11 is 0. The Kier molecular flexibility index (Phi) is 5.55. The number of para-hydroxylation sites is 2. The highest BCUT2D eigenvalue weighted by atomic mass is 16.5. The first kappa shape index (κ1) is 23.3. The monoisotopic (exact) mass is 493 g/mol. The third-order valence-corrected chi connectivity index (χ3v) is 8.16. The molecule has 3 aromatic carbocycles. The van der Waals surface area contributed by atoms with E-state index >= 15 is 0 Å². The molecule has 1 fully saturated rings. The van der Waals surface area contributed by atoms with Gasteiger partial charge in [0.1, 0.15) is 12.3 Å². The number of carbonyl (C=O) groups is 2. The van der Waals surface area contributed by atoms with Crippen molar-refractivity contribution in [1.29, 1.82) is 0 Å². The number of aromatic amines is 1. The number of benzene rings is 3. The zero-order valence-corrected chi connectivity index (χ0v) is 21.5. The fourth-order valence-corrected chi connectivity index (χ4v) is 6.13. The molecule has 6 rings (SSSR count). The van der Waals surface area contributed by atoms with Crippen molar-refractivity contribution >= 4 is 22.7 Å². The van der Waals surface area contributed by atoms with Crippen LogP contribution in [0.2, 0.25) is 0 Å². The van der Waals surface area contributed by atoms with Gasteiger partial charge in [0.2, 0.25) is 5.91 Å². The van der Waals surface area contributed by atoms with Crippen molar-refractivity contribution in [2.45, 2.75) is 38.3 Å². The van der Waals surface area contributed by atoms with Gasteiger partial charge in [-0.1, -0.05) is 67.6 Å². The minimum Gasteiger partial charge on any atom is -0.496 e. The van der Waals surface area contributed by atoms with Gasteiger partial charge in [0.15, 0.2) is 5.54 Å². The second-order valence-electron chi connectivity index (χ2n) is 10.2. The van der Waals surface area contributed by atoms with Crippen molar-refractivity contribution in [3.8, 4) is 5.75 Å². The normalized spacial score (nSPS) is 21.2. The Hall–Kier alpha value is -4.06. The van der Waals surface area contributed by atoms with E-state index in [2.05, 4.69) is 42.2 Å². The summed E-state index contributed by atoms with van der Waals surface area (Å²) in [6.45, 7) is 4.86. The van der Waals surface area contributed by atoms with Gasteiger partial charge in [0.25, 0.3) is 5.91 Å². The van der Waals surface area contributed by atoms with Crippen LogP contribution in [-0.4, -0.2) is 46.8 Å². The van der Waals surface area contributed by atoms with Gasteiger partial charge in [-0.2, -0.15) is 0 Å². The molecule has 37 heavy (non-hydrogen) atoms. The molecule has 0 aliphatic carbocycles. The molecule has 1 N–H and O–H groups in total. The maximum absolute atomic E-state index is 14.3. The predicted octanol–water partition coefficient (Wildman–Crippen LogP) is 4.97. The van der Waals surface area contributed by atoms with Crippen LogP contribution in [0.5, 0.6) is 5.75 Å². The maximum Gasteiger partial charge on any atom is 0.255 e. The van der Waals surface area contributed by atoms with Crippen molar-refractivity contribution in [1.82, 2.24) is 14.8 Å². The zero-order valence-electron chi connectivity index (χ0n) is 21.5. The number of fused-ring (bicyclic) bond motifs is 5. The number of amides is 2. The van der Waals surface area contributed by atoms with Crippen molar-refractivity contribution in [2.75, 3.05) is 20.2 Å². The number of aromatic nitrogens is 1. The highest BCUT2D eigenvalue weighted by Crippen LogP contribution is 2.48. The third-order valence-electron chi connectivity index (χ3n) is 8.16. The number of hydrogen-bond donors (Lipinski definition) is 1. The van der Waals surface area contributed by atoms with Crippen molar-refractivity contribution in [2.24, 2.45) is 0 Å². The first-order valence-corrected chi connectivity index (χ1v) is 12.9. The highest BCUT2D eigenvalue weighted by molar-refractivity contribution is 6.01. The van der Waals surface area contributed by atoms with Gasteiger partial charge in [-0.05, 0) is 42.2 Å². The second-order valence-corrected chi connectivity index (χ2v) is 10.2. The lowest BCUT2D eigenvalue weighted by Gasteiger charge is -2.51. The molecule has 2 unspecified atom stereocenters. The van der Waals surface area contributed by atoms with E-state index in [9.17, 15) is 9.59 Å². The number of H-pyrrole nitrogens is 1. The second kappa shape index (κ2) is 8.80. The quantitative estimate of drug-likeness (QED) is 0.427. The third kappa shape index (κ3) is 3.54. The minimum absolute atomic E-state index is 0.0253. The number of carbonyl (C=O) groups excluding carboxylic acids is 2. The molecule has 2 aliphatic rings. The minimum atomic E-state index is -1.12. The van der Waals surface area contributed by atoms with Crippen LogP contribution in [0, 0.1) is 0 Å². The van der Waals surface area contributed by atoms with E-state index in [0.29, 0.717) is 18.8 Å². The molecular formula is C31H31N3O3. The molecular weight excluding hydrogens is 462 g/mol. The van der Waals surface area contributed by atoms with Crippen LogP contribution in [0.4, 0.5) is 0 Å². The van der Waals surface area contributed by atoms with Crippen LogP contribution in [0.15, 0.2) is 72.8 Å². The van der Waals surface area contributed by atoms with E-state index in [1.165, 1.54) is 5.56 Å². The standard InChI is InChI=1S/C31H31N3O3/c1-4-20-13-15-21(16-14-20)24-18-34-27(35)19-33(17-22-9-5-8-12-26(22)37-3)30(36)31(34,2)29-28(24)23-10-6-7-11-25(23)32-29/h5-16,24,32H,4,17-19H2,1-3H3. The van der Waals surface area contributed by atoms with E-state index < -0.39 is 5.54 Å². The molecule has 0 spiro atoms. The molecule has 2 amide bonds. The number of nitrogens with one attached hydrogen (secondary N) is 1. The molecule has 1 saturated heterocycles. The van der Waals surface area contributed by atoms with Crippen LogP contribution in [0.25, 0.3) is 10.9 Å². The Bertz CT molecular complexity index is 1510. The van der Waals surface area contributed by atoms with Gasteiger partial charge >= 0.3 is 0 Å². The van der Waals surface area contributed by atoms with E-state index in [1.807, 2.05) is 49.4 Å². The number of methoxy groups -OCH3 is 1. The van der Waals surface area contributed by atoms with Gasteiger partial charge in [-0.25, -0.2) is 0 Å². The van der Waals surface area contributed by atoms with E-state index in [0.717, 1.165) is 39.7 Å². The van der Waals surface area contributed by atoms with E-state index in [-0.39, 0.29) is 24.3 Å². The first-order chi connectivity index (χ1) is 18.0. The number of hydrogen-bond acceptors (Lipinski definition) is 3. The fourth-order valence-electron chi connectivity index (χ4n) is 6.13. The largest absolute Gasteiger partial charge is 0.496 e. The Labute approximate surface area is 216 Å². The maximum atomic E-state index is 14.3. The van der Waals surface area contributed by atoms with Crippen LogP contribution < -0.4 is 4.74 Å². The average molecular weight is 494 g/mol. The molecule has 3 heterocycles. The number of nitrogens with zero attached hydrogens (tertiary/aromatic N) is 2. The number of rotatable bonds is 5. The SMILES string of the molecule is CCc1ccc(C2CN3C(=O)CN(Cc4ccccc4OC)C(=O)C3(C)c3[nH]c4ccccc4c32)cc1. The Morgan fingerprint density at radius 3 is 2.49 bits per heavy atom. The molecule has 4 aromatic rings. The summed E-state index contributed by atoms with van der Waals surface area (Å²) in [5.41, 5.74) is 5.09. The molecule has 6 nitrogen and oxygen atoms in total. The van der Waals surface area contributed by atoms with E-state index in [4.69, 9.17) is 4.74 Å². The van der Waals surface area contributed by atoms with Gasteiger partial charge in [-0.3, -0.25) is 9.59 Å². The first-order valence-electron chi connectivity index (χ1n) is 12.9. The highest BCUT2D eigenvalue weighted by Gasteiger charge is 2.56. The number of aryl methyl sites for hydroxylation is 1. The average Bonchev–Trinajstić information content (AvgIpc) is 3.33. The predicted molar refractivity (Wildman–Crippen MR) is 143 cm³/mol. The lowest BCUT2D eigenvalue weighted by molar-refractivity contribution is -0.166. The molecule has 188 valence electrons. The molecule has 2 aliphatic heterocycles. The number of ether oxygens (including phenoxy) is 1. The van der Waals surface area contributed by atoms with Crippen molar-refractivity contribution in [3.05, 3.63) is 101 Å². The topological polar surface area (TPSA) is 65.6 Å². The van der Waals surface area contributed by atoms with Crippen LogP contribution in [0.1, 0.15) is 47.7 Å². The molecule has 1 aromatic heterocycles. The Morgan fingerprint density at radius 2 is 1.73 bits per heavy atom. The van der Waals surface area contributed by atoms with Crippen molar-refractivity contribution < 1.29 is 14.3 Å². The van der Waals surface area contributed by atoms with Crippen LogP contribution in [-0.2, 0) is 28.1 Å². The summed E-state index contributed by atoms with van der Waals surface area (Å²) in [5.74, 6) is 0.561. The van der Waals surface area contributed by atoms with E-state index in [1.54, 1.807) is 16.9 Å². The Morgan fingerprint density at radius 1 is 1.00 bits per heavy atom. The van der Waals surface area contributed by atoms with Crippen LogP contribution in [0.3, 0.4) is 0 Å². The summed E-state index contributed by atoms with van der Waals surface area (Å²) in [7, 11) is 1.62. The van der Waals surface area contributed by atoms with Gasteiger partial charge < -0.3 is 19.5 Å². The van der Waals surface area contributed by atoms with Gasteiger partial charge in [0, 0.05) is 35.5 Å². The summed E-state index contributed by atoms with van der Waals surface area (Å²) in [6, 6.07) is 24.5. The summed E-state index contributed by atoms with van der Waals surface area (Å²) < 4.78 is 5.52. The molecule has 0 radical (unpaired) electrons. The molecule has 0 saturated carbocycles. The Balaban J connectivity index is 1.48. The molecule has 0 bridgehead atoms.